The van der Waals surface area contributed by atoms with Crippen molar-refractivity contribution in [1.29, 1.82) is 0 Å². The van der Waals surface area contributed by atoms with Gasteiger partial charge in [0.25, 0.3) is 0 Å². The van der Waals surface area contributed by atoms with E-state index < -0.39 is 0 Å². The van der Waals surface area contributed by atoms with Gasteiger partial charge in [0.2, 0.25) is 0 Å². The Morgan fingerprint density at radius 3 is 2.60 bits per heavy atom. The SMILES string of the molecule is CCCCCCCc1cnnn1CCC. The molecule has 1 aromatic heterocycles. The lowest BCUT2D eigenvalue weighted by Gasteiger charge is -2.04. The van der Waals surface area contributed by atoms with Gasteiger partial charge in [-0.2, -0.15) is 0 Å². The molecule has 0 N–H and O–H groups in total. The molecule has 0 bridgehead atoms. The van der Waals surface area contributed by atoms with E-state index in [1.54, 1.807) is 0 Å². The van der Waals surface area contributed by atoms with Crippen molar-refractivity contribution >= 4 is 0 Å². The Hall–Kier alpha value is -0.860. The summed E-state index contributed by atoms with van der Waals surface area (Å²) in [5.74, 6) is 0. The number of aryl methyl sites for hydroxylation is 2. The van der Waals surface area contributed by atoms with E-state index in [2.05, 4.69) is 24.2 Å². The number of hydrogen-bond donors (Lipinski definition) is 0. The molecule has 0 saturated heterocycles. The molecule has 0 unspecified atom stereocenters. The van der Waals surface area contributed by atoms with E-state index in [-0.39, 0.29) is 0 Å². The highest BCUT2D eigenvalue weighted by Gasteiger charge is 2.01. The Labute approximate surface area is 92.9 Å². The summed E-state index contributed by atoms with van der Waals surface area (Å²) in [6.07, 6.45) is 10.8. The van der Waals surface area contributed by atoms with Gasteiger partial charge in [-0.25, -0.2) is 4.68 Å². The molecule has 1 rings (SSSR count). The van der Waals surface area contributed by atoms with Gasteiger partial charge in [0.05, 0.1) is 11.9 Å². The predicted molar refractivity (Wildman–Crippen MR) is 62.8 cm³/mol. The highest BCUT2D eigenvalue weighted by molar-refractivity contribution is 4.93. The zero-order valence-electron chi connectivity index (χ0n) is 10.1. The highest BCUT2D eigenvalue weighted by atomic mass is 15.4. The molecule has 0 radical (unpaired) electrons. The summed E-state index contributed by atoms with van der Waals surface area (Å²) in [5, 5.41) is 8.06. The third-order valence-corrected chi connectivity index (χ3v) is 2.67. The molecule has 0 aliphatic rings. The third-order valence-electron chi connectivity index (χ3n) is 2.67. The normalized spacial score (nSPS) is 10.8. The van der Waals surface area contributed by atoms with Crippen LogP contribution in [0.2, 0.25) is 0 Å². The van der Waals surface area contributed by atoms with Crippen molar-refractivity contribution in [2.75, 3.05) is 0 Å². The van der Waals surface area contributed by atoms with Crippen molar-refractivity contribution < 1.29 is 0 Å². The van der Waals surface area contributed by atoms with Gasteiger partial charge in [-0.05, 0) is 19.3 Å². The Kier molecular flexibility index (Phi) is 6.05. The van der Waals surface area contributed by atoms with Crippen LogP contribution in [-0.2, 0) is 13.0 Å². The summed E-state index contributed by atoms with van der Waals surface area (Å²) in [6.45, 7) is 5.43. The van der Waals surface area contributed by atoms with Gasteiger partial charge in [0, 0.05) is 6.54 Å². The maximum absolute atomic E-state index is 4.09. The van der Waals surface area contributed by atoms with Crippen LogP contribution in [0.4, 0.5) is 0 Å². The lowest BCUT2D eigenvalue weighted by Crippen LogP contribution is -2.04. The minimum Gasteiger partial charge on any atom is -0.249 e. The van der Waals surface area contributed by atoms with Gasteiger partial charge >= 0.3 is 0 Å². The number of unbranched alkanes of at least 4 members (excludes halogenated alkanes) is 4. The molecule has 1 heterocycles. The molecule has 0 spiro atoms. The fraction of sp³-hybridized carbons (Fsp3) is 0.833. The van der Waals surface area contributed by atoms with Crippen LogP contribution in [0.1, 0.15) is 58.1 Å². The second kappa shape index (κ2) is 7.43. The zero-order chi connectivity index (χ0) is 10.9. The van der Waals surface area contributed by atoms with Crippen molar-refractivity contribution in [2.45, 2.75) is 65.3 Å². The summed E-state index contributed by atoms with van der Waals surface area (Å²) in [6, 6.07) is 0. The van der Waals surface area contributed by atoms with Gasteiger partial charge in [-0.1, -0.05) is 44.7 Å². The molecular weight excluding hydrogens is 186 g/mol. The van der Waals surface area contributed by atoms with Crippen LogP contribution in [0.5, 0.6) is 0 Å². The van der Waals surface area contributed by atoms with E-state index in [0.717, 1.165) is 19.4 Å². The predicted octanol–water partition coefficient (Wildman–Crippen LogP) is 3.20. The number of nitrogens with zero attached hydrogens (tertiary/aromatic N) is 3. The average Bonchev–Trinajstić information content (AvgIpc) is 2.66. The molecule has 3 nitrogen and oxygen atoms in total. The second-order valence-electron chi connectivity index (χ2n) is 4.11. The first kappa shape index (κ1) is 12.2. The first-order valence-electron chi connectivity index (χ1n) is 6.25. The molecule has 1 aromatic rings. The van der Waals surface area contributed by atoms with E-state index in [0.29, 0.717) is 0 Å². The number of rotatable bonds is 8. The number of aromatic nitrogens is 3. The topological polar surface area (TPSA) is 30.7 Å². The van der Waals surface area contributed by atoms with Crippen molar-refractivity contribution in [3.8, 4) is 0 Å². The van der Waals surface area contributed by atoms with Crippen LogP contribution < -0.4 is 0 Å². The quantitative estimate of drug-likeness (QED) is 0.615. The monoisotopic (exact) mass is 209 g/mol. The summed E-state index contributed by atoms with van der Waals surface area (Å²) < 4.78 is 2.04. The van der Waals surface area contributed by atoms with Gasteiger partial charge < -0.3 is 0 Å². The van der Waals surface area contributed by atoms with Gasteiger partial charge in [-0.3, -0.25) is 0 Å². The van der Waals surface area contributed by atoms with E-state index >= 15 is 0 Å². The van der Waals surface area contributed by atoms with Crippen LogP contribution in [0.3, 0.4) is 0 Å². The van der Waals surface area contributed by atoms with Crippen LogP contribution in [-0.4, -0.2) is 15.0 Å². The van der Waals surface area contributed by atoms with Crippen LogP contribution in [0.25, 0.3) is 0 Å². The maximum Gasteiger partial charge on any atom is 0.0725 e. The first-order valence-corrected chi connectivity index (χ1v) is 6.25. The molecule has 0 atom stereocenters. The third kappa shape index (κ3) is 4.45. The minimum absolute atomic E-state index is 1.00. The molecule has 86 valence electrons. The Balaban J connectivity index is 2.21. The van der Waals surface area contributed by atoms with Gasteiger partial charge in [-0.15, -0.1) is 5.10 Å². The van der Waals surface area contributed by atoms with E-state index in [4.69, 9.17) is 0 Å². The van der Waals surface area contributed by atoms with E-state index in [1.807, 2.05) is 10.9 Å². The standard InChI is InChI=1S/C12H23N3/c1-3-5-6-7-8-9-12-11-13-14-15(12)10-4-2/h11H,3-10H2,1-2H3. The summed E-state index contributed by atoms with van der Waals surface area (Å²) in [7, 11) is 0. The largest absolute Gasteiger partial charge is 0.249 e. The summed E-state index contributed by atoms with van der Waals surface area (Å²) >= 11 is 0. The lowest BCUT2D eigenvalue weighted by molar-refractivity contribution is 0.541. The Morgan fingerprint density at radius 2 is 1.87 bits per heavy atom. The van der Waals surface area contributed by atoms with Crippen LogP contribution in [0.15, 0.2) is 6.20 Å². The fourth-order valence-corrected chi connectivity index (χ4v) is 1.78. The molecule has 3 heteroatoms. The van der Waals surface area contributed by atoms with Crippen molar-refractivity contribution in [2.24, 2.45) is 0 Å². The molecule has 0 saturated carbocycles. The molecule has 0 aromatic carbocycles. The van der Waals surface area contributed by atoms with Crippen molar-refractivity contribution in [3.63, 3.8) is 0 Å². The summed E-state index contributed by atoms with van der Waals surface area (Å²) in [4.78, 5) is 0. The van der Waals surface area contributed by atoms with Crippen molar-refractivity contribution in [1.82, 2.24) is 15.0 Å². The first-order chi connectivity index (χ1) is 7.38. The van der Waals surface area contributed by atoms with Crippen molar-refractivity contribution in [3.05, 3.63) is 11.9 Å². The van der Waals surface area contributed by atoms with E-state index in [1.165, 1.54) is 37.8 Å². The Morgan fingerprint density at radius 1 is 1.07 bits per heavy atom. The van der Waals surface area contributed by atoms with Crippen LogP contribution in [0, 0.1) is 0 Å². The van der Waals surface area contributed by atoms with Crippen LogP contribution >= 0.6 is 0 Å². The number of hydrogen-bond acceptors (Lipinski definition) is 2. The highest BCUT2D eigenvalue weighted by Crippen LogP contribution is 2.08. The Bertz CT molecular complexity index is 255. The smallest absolute Gasteiger partial charge is 0.0725 e. The molecule has 0 fully saturated rings. The van der Waals surface area contributed by atoms with Gasteiger partial charge in [0.1, 0.15) is 0 Å². The zero-order valence-corrected chi connectivity index (χ0v) is 10.1. The molecule has 0 aliphatic heterocycles. The maximum atomic E-state index is 4.09. The molecule has 0 aliphatic carbocycles. The molecular formula is C12H23N3. The molecule has 15 heavy (non-hydrogen) atoms. The molecule has 0 amide bonds. The van der Waals surface area contributed by atoms with E-state index in [9.17, 15) is 0 Å². The second-order valence-corrected chi connectivity index (χ2v) is 4.11. The fourth-order valence-electron chi connectivity index (χ4n) is 1.78. The average molecular weight is 209 g/mol. The summed E-state index contributed by atoms with van der Waals surface area (Å²) in [5.41, 5.74) is 1.30. The van der Waals surface area contributed by atoms with Gasteiger partial charge in [0.15, 0.2) is 0 Å². The minimum atomic E-state index is 1.00. The lowest BCUT2D eigenvalue weighted by atomic mass is 10.1.